The van der Waals surface area contributed by atoms with Crippen molar-refractivity contribution in [3.8, 4) is 11.5 Å². The Labute approximate surface area is 134 Å². The van der Waals surface area contributed by atoms with E-state index >= 15 is 0 Å². The smallest absolute Gasteiger partial charge is 0.260 e. The van der Waals surface area contributed by atoms with Crippen LogP contribution in [0, 0.1) is 0 Å². The van der Waals surface area contributed by atoms with Crippen molar-refractivity contribution < 1.29 is 14.3 Å². The average molecular weight is 316 g/mol. The molecule has 0 bridgehead atoms. The minimum Gasteiger partial charge on any atom is -0.493 e. The summed E-state index contributed by atoms with van der Waals surface area (Å²) in [5.41, 5.74) is 0.780. The number of carbonyl (C=O) groups excluding carboxylic acids is 1. The number of benzene rings is 1. The summed E-state index contributed by atoms with van der Waals surface area (Å²) in [6.07, 6.45) is 2.15. The number of methoxy groups -OCH3 is 2. The normalized spacial score (nSPS) is 10.2. The van der Waals surface area contributed by atoms with Crippen LogP contribution in [0.15, 0.2) is 41.3 Å². The van der Waals surface area contributed by atoms with Crippen LogP contribution < -0.4 is 15.0 Å². The van der Waals surface area contributed by atoms with Gasteiger partial charge in [-0.05, 0) is 36.2 Å². The number of carbonyl (C=O) groups is 1. The number of aromatic nitrogens is 1. The third-order valence-corrected chi connectivity index (χ3v) is 3.58. The summed E-state index contributed by atoms with van der Waals surface area (Å²) in [7, 11) is 4.84. The number of H-pyrrole nitrogens is 1. The van der Waals surface area contributed by atoms with Gasteiger partial charge in [0, 0.05) is 19.8 Å². The van der Waals surface area contributed by atoms with E-state index in [4.69, 9.17) is 9.47 Å². The van der Waals surface area contributed by atoms with Crippen LogP contribution >= 0.6 is 0 Å². The largest absolute Gasteiger partial charge is 0.493 e. The van der Waals surface area contributed by atoms with Crippen molar-refractivity contribution >= 4 is 5.91 Å². The van der Waals surface area contributed by atoms with Gasteiger partial charge in [0.05, 0.1) is 14.2 Å². The van der Waals surface area contributed by atoms with Gasteiger partial charge in [-0.3, -0.25) is 9.59 Å². The first-order valence-corrected chi connectivity index (χ1v) is 7.21. The monoisotopic (exact) mass is 316 g/mol. The van der Waals surface area contributed by atoms with E-state index in [9.17, 15) is 9.59 Å². The predicted molar refractivity (Wildman–Crippen MR) is 87.3 cm³/mol. The lowest BCUT2D eigenvalue weighted by atomic mass is 10.1. The van der Waals surface area contributed by atoms with Gasteiger partial charge in [0.1, 0.15) is 5.56 Å². The van der Waals surface area contributed by atoms with Crippen LogP contribution in [0.5, 0.6) is 11.5 Å². The van der Waals surface area contributed by atoms with Gasteiger partial charge in [-0.2, -0.15) is 0 Å². The second-order valence-electron chi connectivity index (χ2n) is 5.08. The third-order valence-electron chi connectivity index (χ3n) is 3.58. The van der Waals surface area contributed by atoms with Crippen LogP contribution in [0.1, 0.15) is 15.9 Å². The Morgan fingerprint density at radius 3 is 2.57 bits per heavy atom. The molecule has 0 radical (unpaired) electrons. The van der Waals surface area contributed by atoms with E-state index in [-0.39, 0.29) is 17.0 Å². The zero-order valence-corrected chi connectivity index (χ0v) is 13.5. The van der Waals surface area contributed by atoms with Gasteiger partial charge in [0.15, 0.2) is 11.5 Å². The highest BCUT2D eigenvalue weighted by molar-refractivity contribution is 5.93. The molecular weight excluding hydrogens is 296 g/mol. The topological polar surface area (TPSA) is 71.6 Å². The van der Waals surface area contributed by atoms with Crippen LogP contribution in [-0.4, -0.2) is 43.6 Å². The van der Waals surface area contributed by atoms with E-state index in [1.807, 2.05) is 18.2 Å². The van der Waals surface area contributed by atoms with Crippen molar-refractivity contribution in [3.63, 3.8) is 0 Å². The molecule has 6 nitrogen and oxygen atoms in total. The Kier molecular flexibility index (Phi) is 5.41. The molecule has 0 atom stereocenters. The van der Waals surface area contributed by atoms with Gasteiger partial charge in [0.25, 0.3) is 11.5 Å². The van der Waals surface area contributed by atoms with Crippen LogP contribution in [0.25, 0.3) is 0 Å². The van der Waals surface area contributed by atoms with Gasteiger partial charge < -0.3 is 19.4 Å². The molecule has 0 aliphatic heterocycles. The molecule has 6 heteroatoms. The van der Waals surface area contributed by atoms with Crippen LogP contribution in [0.3, 0.4) is 0 Å². The molecule has 2 rings (SSSR count). The second kappa shape index (κ2) is 7.49. The van der Waals surface area contributed by atoms with Crippen molar-refractivity contribution in [2.24, 2.45) is 0 Å². The average Bonchev–Trinajstić information content (AvgIpc) is 2.59. The highest BCUT2D eigenvalue weighted by Crippen LogP contribution is 2.27. The van der Waals surface area contributed by atoms with E-state index in [0.29, 0.717) is 24.5 Å². The SMILES string of the molecule is COc1ccc(CCN(C)C(=O)c2ccc[nH]c2=O)cc1OC. The molecule has 1 amide bonds. The number of aromatic amines is 1. The van der Waals surface area contributed by atoms with Crippen molar-refractivity contribution in [3.05, 3.63) is 58.0 Å². The van der Waals surface area contributed by atoms with E-state index in [0.717, 1.165) is 5.56 Å². The highest BCUT2D eigenvalue weighted by atomic mass is 16.5. The number of hydrogen-bond acceptors (Lipinski definition) is 4. The maximum atomic E-state index is 12.3. The molecule has 0 fully saturated rings. The maximum Gasteiger partial charge on any atom is 0.260 e. The van der Waals surface area contributed by atoms with Gasteiger partial charge in [0.2, 0.25) is 0 Å². The molecule has 1 aromatic heterocycles. The van der Waals surface area contributed by atoms with Gasteiger partial charge in [-0.25, -0.2) is 0 Å². The summed E-state index contributed by atoms with van der Waals surface area (Å²) in [6.45, 7) is 0.489. The Balaban J connectivity index is 2.04. The first-order chi connectivity index (χ1) is 11.1. The summed E-state index contributed by atoms with van der Waals surface area (Å²) in [5, 5.41) is 0. The maximum absolute atomic E-state index is 12.3. The first-order valence-electron chi connectivity index (χ1n) is 7.21. The summed E-state index contributed by atoms with van der Waals surface area (Å²) in [4.78, 5) is 28.0. The highest BCUT2D eigenvalue weighted by Gasteiger charge is 2.15. The lowest BCUT2D eigenvalue weighted by molar-refractivity contribution is 0.0795. The number of nitrogens with one attached hydrogen (secondary N) is 1. The van der Waals surface area contributed by atoms with Gasteiger partial charge >= 0.3 is 0 Å². The molecule has 122 valence electrons. The minimum atomic E-state index is -0.379. The number of ether oxygens (including phenoxy) is 2. The predicted octanol–water partition coefficient (Wildman–Crippen LogP) is 1.71. The molecule has 0 spiro atoms. The number of pyridine rings is 1. The van der Waals surface area contributed by atoms with Crippen molar-refractivity contribution in [2.45, 2.75) is 6.42 Å². The molecule has 1 heterocycles. The molecule has 0 saturated heterocycles. The first kappa shape index (κ1) is 16.6. The fourth-order valence-electron chi connectivity index (χ4n) is 2.23. The second-order valence-corrected chi connectivity index (χ2v) is 5.08. The number of hydrogen-bond donors (Lipinski definition) is 1. The summed E-state index contributed by atoms with van der Waals surface area (Å²) < 4.78 is 10.5. The Morgan fingerprint density at radius 2 is 1.91 bits per heavy atom. The number of nitrogens with zero attached hydrogens (tertiary/aromatic N) is 1. The zero-order chi connectivity index (χ0) is 16.8. The fraction of sp³-hybridized carbons (Fsp3) is 0.294. The van der Waals surface area contributed by atoms with E-state index in [2.05, 4.69) is 4.98 Å². The summed E-state index contributed by atoms with van der Waals surface area (Å²) in [5.74, 6) is 1.02. The lowest BCUT2D eigenvalue weighted by Crippen LogP contribution is -2.32. The number of likely N-dealkylation sites (N-methyl/N-ethyl adjacent to an activating group) is 1. The summed E-state index contributed by atoms with van der Waals surface area (Å²) in [6, 6.07) is 8.80. The molecule has 0 unspecified atom stereocenters. The molecule has 1 aromatic carbocycles. The van der Waals surface area contributed by atoms with Gasteiger partial charge in [-0.1, -0.05) is 6.07 Å². The molecule has 0 aliphatic rings. The molecular formula is C17H20N2O4. The quantitative estimate of drug-likeness (QED) is 0.880. The minimum absolute atomic E-state index is 0.141. The lowest BCUT2D eigenvalue weighted by Gasteiger charge is -2.17. The third kappa shape index (κ3) is 3.91. The number of rotatable bonds is 6. The van der Waals surface area contributed by atoms with E-state index in [1.165, 1.54) is 17.2 Å². The molecule has 2 aromatic rings. The molecule has 0 aliphatic carbocycles. The van der Waals surface area contributed by atoms with Crippen LogP contribution in [0.4, 0.5) is 0 Å². The van der Waals surface area contributed by atoms with Crippen LogP contribution in [-0.2, 0) is 6.42 Å². The Morgan fingerprint density at radius 1 is 1.17 bits per heavy atom. The van der Waals surface area contributed by atoms with Gasteiger partial charge in [-0.15, -0.1) is 0 Å². The molecule has 0 saturated carbocycles. The molecule has 23 heavy (non-hydrogen) atoms. The molecule has 1 N–H and O–H groups in total. The standard InChI is InChI=1S/C17H20N2O4/c1-19(17(21)13-5-4-9-18-16(13)20)10-8-12-6-7-14(22-2)15(11-12)23-3/h4-7,9,11H,8,10H2,1-3H3,(H,18,20). The van der Waals surface area contributed by atoms with Crippen molar-refractivity contribution in [1.82, 2.24) is 9.88 Å². The van der Waals surface area contributed by atoms with Crippen molar-refractivity contribution in [1.29, 1.82) is 0 Å². The Bertz CT molecular complexity index is 739. The Hall–Kier alpha value is -2.76. The van der Waals surface area contributed by atoms with E-state index < -0.39 is 0 Å². The summed E-state index contributed by atoms with van der Waals surface area (Å²) >= 11 is 0. The number of amides is 1. The van der Waals surface area contributed by atoms with Crippen LogP contribution in [0.2, 0.25) is 0 Å². The zero-order valence-electron chi connectivity index (χ0n) is 13.5. The van der Waals surface area contributed by atoms with E-state index in [1.54, 1.807) is 27.3 Å². The van der Waals surface area contributed by atoms with Crippen molar-refractivity contribution in [2.75, 3.05) is 27.8 Å². The fourth-order valence-corrected chi connectivity index (χ4v) is 2.23.